The zero-order chi connectivity index (χ0) is 23.1. The number of anilines is 1. The van der Waals surface area contributed by atoms with Crippen molar-refractivity contribution in [3.63, 3.8) is 0 Å². The first kappa shape index (κ1) is 22.7. The van der Waals surface area contributed by atoms with Gasteiger partial charge in [-0.3, -0.25) is 4.79 Å². The highest BCUT2D eigenvalue weighted by molar-refractivity contribution is 6.02. The molecule has 0 saturated carbocycles. The van der Waals surface area contributed by atoms with E-state index in [-0.39, 0.29) is 12.2 Å². The van der Waals surface area contributed by atoms with Crippen LogP contribution in [0, 0.1) is 0 Å². The molecule has 166 valence electrons. The van der Waals surface area contributed by atoms with Crippen molar-refractivity contribution < 1.29 is 19.1 Å². The minimum absolute atomic E-state index is 0.130. The third-order valence-corrected chi connectivity index (χ3v) is 4.15. The lowest BCUT2D eigenvalue weighted by molar-refractivity contribution is 0.0523. The first-order valence-electron chi connectivity index (χ1n) is 9.94. The first-order valence-corrected chi connectivity index (χ1v) is 9.94. The molecule has 3 rings (SSSR count). The molecule has 0 atom stereocenters. The van der Waals surface area contributed by atoms with Gasteiger partial charge in [-0.15, -0.1) is 0 Å². The number of benzene rings is 1. The molecule has 0 fully saturated rings. The Morgan fingerprint density at radius 3 is 2.47 bits per heavy atom. The molecule has 9 heteroatoms. The Morgan fingerprint density at radius 2 is 1.78 bits per heavy atom. The van der Waals surface area contributed by atoms with Crippen LogP contribution in [0.2, 0.25) is 0 Å². The summed E-state index contributed by atoms with van der Waals surface area (Å²) in [6.07, 6.45) is 0.824. The van der Waals surface area contributed by atoms with E-state index in [1.807, 2.05) is 24.3 Å². The summed E-state index contributed by atoms with van der Waals surface area (Å²) in [5.74, 6) is 0.654. The molecule has 0 aliphatic carbocycles. The predicted octanol–water partition coefficient (Wildman–Crippen LogP) is 3.82. The van der Waals surface area contributed by atoms with Gasteiger partial charge in [0.15, 0.2) is 0 Å². The molecule has 0 saturated heterocycles. The molecule has 9 nitrogen and oxygen atoms in total. The van der Waals surface area contributed by atoms with Crippen molar-refractivity contribution in [3.05, 3.63) is 66.2 Å². The van der Waals surface area contributed by atoms with E-state index in [9.17, 15) is 9.59 Å². The van der Waals surface area contributed by atoms with E-state index in [0.29, 0.717) is 17.2 Å². The first-order chi connectivity index (χ1) is 15.2. The average molecular weight is 435 g/mol. The number of pyridine rings is 1. The summed E-state index contributed by atoms with van der Waals surface area (Å²) in [7, 11) is 1.60. The Hall–Kier alpha value is -4.01. The fraction of sp³-hybridized carbons (Fsp3) is 0.261. The summed E-state index contributed by atoms with van der Waals surface area (Å²) in [5.41, 5.74) is 1.63. The van der Waals surface area contributed by atoms with E-state index in [2.05, 4.69) is 25.6 Å². The molecular weight excluding hydrogens is 410 g/mol. The van der Waals surface area contributed by atoms with Crippen molar-refractivity contribution in [2.45, 2.75) is 32.9 Å². The molecular formula is C23H25N5O4. The van der Waals surface area contributed by atoms with Crippen LogP contribution in [0.1, 0.15) is 37.0 Å². The molecule has 0 unspecified atom stereocenters. The molecule has 3 aromatic rings. The second-order valence-electron chi connectivity index (χ2n) is 7.84. The topological polar surface area (TPSA) is 115 Å². The molecule has 2 N–H and O–H groups in total. The largest absolute Gasteiger partial charge is 0.497 e. The van der Waals surface area contributed by atoms with Gasteiger partial charge in [0.05, 0.1) is 25.0 Å². The van der Waals surface area contributed by atoms with Gasteiger partial charge >= 0.3 is 6.09 Å². The van der Waals surface area contributed by atoms with Crippen molar-refractivity contribution in [2.24, 2.45) is 0 Å². The van der Waals surface area contributed by atoms with E-state index in [1.54, 1.807) is 52.1 Å². The number of ether oxygens (including phenoxy) is 2. The number of aromatic nitrogens is 3. The number of amides is 2. The molecule has 2 aromatic heterocycles. The number of nitrogens with one attached hydrogen (secondary N) is 2. The van der Waals surface area contributed by atoms with Gasteiger partial charge in [0, 0.05) is 11.6 Å². The second kappa shape index (κ2) is 9.86. The van der Waals surface area contributed by atoms with E-state index in [0.717, 1.165) is 11.3 Å². The lowest BCUT2D eigenvalue weighted by Gasteiger charge is -2.19. The molecule has 2 heterocycles. The predicted molar refractivity (Wildman–Crippen MR) is 119 cm³/mol. The van der Waals surface area contributed by atoms with Crippen LogP contribution in [0.25, 0.3) is 11.3 Å². The number of carbonyl (C=O) groups is 2. The third kappa shape index (κ3) is 6.49. The maximum atomic E-state index is 12.7. The van der Waals surface area contributed by atoms with Gasteiger partial charge in [0.25, 0.3) is 5.91 Å². The molecule has 0 radical (unpaired) electrons. The van der Waals surface area contributed by atoms with Crippen LogP contribution in [0.5, 0.6) is 5.75 Å². The van der Waals surface area contributed by atoms with E-state index in [1.165, 1.54) is 6.33 Å². The monoisotopic (exact) mass is 435 g/mol. The van der Waals surface area contributed by atoms with E-state index in [4.69, 9.17) is 9.47 Å². The van der Waals surface area contributed by atoms with Crippen molar-refractivity contribution in [3.8, 4) is 17.0 Å². The summed E-state index contributed by atoms with van der Waals surface area (Å²) in [5, 5.41) is 5.35. The summed E-state index contributed by atoms with van der Waals surface area (Å²) in [6, 6.07) is 14.1. The van der Waals surface area contributed by atoms with Crippen LogP contribution in [-0.2, 0) is 11.3 Å². The lowest BCUT2D eigenvalue weighted by Crippen LogP contribution is -2.32. The van der Waals surface area contributed by atoms with Crippen molar-refractivity contribution in [1.82, 2.24) is 20.3 Å². The molecule has 1 aromatic carbocycles. The third-order valence-electron chi connectivity index (χ3n) is 4.15. The Bertz CT molecular complexity index is 1090. The quantitative estimate of drug-likeness (QED) is 0.605. The maximum absolute atomic E-state index is 12.7. The van der Waals surface area contributed by atoms with Crippen LogP contribution in [-0.4, -0.2) is 39.7 Å². The van der Waals surface area contributed by atoms with Crippen LogP contribution in [0.4, 0.5) is 10.6 Å². The molecule has 0 aliphatic heterocycles. The van der Waals surface area contributed by atoms with E-state index < -0.39 is 17.6 Å². The van der Waals surface area contributed by atoms with Gasteiger partial charge in [-0.2, -0.15) is 0 Å². The van der Waals surface area contributed by atoms with Gasteiger partial charge in [-0.1, -0.05) is 6.07 Å². The van der Waals surface area contributed by atoms with Crippen molar-refractivity contribution >= 4 is 17.8 Å². The Morgan fingerprint density at radius 1 is 1.03 bits per heavy atom. The summed E-state index contributed by atoms with van der Waals surface area (Å²) in [6.45, 7) is 5.47. The zero-order valence-corrected chi connectivity index (χ0v) is 18.4. The van der Waals surface area contributed by atoms with Crippen LogP contribution >= 0.6 is 0 Å². The maximum Gasteiger partial charge on any atom is 0.407 e. The lowest BCUT2D eigenvalue weighted by atomic mass is 10.1. The molecule has 32 heavy (non-hydrogen) atoms. The van der Waals surface area contributed by atoms with E-state index >= 15 is 0 Å². The van der Waals surface area contributed by atoms with Gasteiger partial charge < -0.3 is 20.1 Å². The van der Waals surface area contributed by atoms with Crippen molar-refractivity contribution in [2.75, 3.05) is 12.4 Å². The molecule has 2 amide bonds. The van der Waals surface area contributed by atoms with Crippen LogP contribution in [0.15, 0.2) is 54.9 Å². The number of hydrogen-bond donors (Lipinski definition) is 2. The molecule has 0 spiro atoms. The average Bonchev–Trinajstić information content (AvgIpc) is 2.77. The molecule has 0 aliphatic rings. The number of hydrogen-bond acceptors (Lipinski definition) is 7. The number of carbonyl (C=O) groups excluding carboxylic acids is 2. The highest BCUT2D eigenvalue weighted by Gasteiger charge is 2.16. The minimum Gasteiger partial charge on any atom is -0.497 e. The Kier molecular flexibility index (Phi) is 6.99. The van der Waals surface area contributed by atoms with Crippen LogP contribution in [0.3, 0.4) is 0 Å². The van der Waals surface area contributed by atoms with Crippen LogP contribution < -0.4 is 15.4 Å². The zero-order valence-electron chi connectivity index (χ0n) is 18.4. The smallest absolute Gasteiger partial charge is 0.407 e. The van der Waals surface area contributed by atoms with Gasteiger partial charge in [-0.25, -0.2) is 19.7 Å². The minimum atomic E-state index is -0.596. The number of methoxy groups -OCH3 is 1. The van der Waals surface area contributed by atoms with Gasteiger partial charge in [-0.05, 0) is 57.2 Å². The highest BCUT2D eigenvalue weighted by Crippen LogP contribution is 2.22. The second-order valence-corrected chi connectivity index (χ2v) is 7.84. The van der Waals surface area contributed by atoms with Gasteiger partial charge in [0.1, 0.15) is 29.2 Å². The normalized spacial score (nSPS) is 10.9. The fourth-order valence-corrected chi connectivity index (χ4v) is 2.71. The Labute approximate surface area is 186 Å². The SMILES string of the molecule is COc1ccc(-c2cc(NC(=O)c3cccc(CNC(=O)OC(C)(C)C)n3)ncn2)cc1. The van der Waals surface area contributed by atoms with Gasteiger partial charge in [0.2, 0.25) is 0 Å². The highest BCUT2D eigenvalue weighted by atomic mass is 16.6. The van der Waals surface area contributed by atoms with Crippen molar-refractivity contribution in [1.29, 1.82) is 0 Å². The summed E-state index contributed by atoms with van der Waals surface area (Å²) in [4.78, 5) is 37.1. The summed E-state index contributed by atoms with van der Waals surface area (Å²) < 4.78 is 10.4. The standard InChI is InChI=1S/C23H25N5O4/c1-23(2,3)32-22(30)24-13-16-6-5-7-18(27-16)21(29)28-20-12-19(25-14-26-20)15-8-10-17(31-4)11-9-15/h5-12,14H,13H2,1-4H3,(H,24,30)(H,25,26,28,29). The number of rotatable bonds is 6. The Balaban J connectivity index is 1.66. The molecule has 0 bridgehead atoms. The number of alkyl carbamates (subject to hydrolysis) is 1. The number of nitrogens with zero attached hydrogens (tertiary/aromatic N) is 3. The fourth-order valence-electron chi connectivity index (χ4n) is 2.71. The summed E-state index contributed by atoms with van der Waals surface area (Å²) >= 11 is 0.